The monoisotopic (exact) mass is 412 g/mol. The van der Waals surface area contributed by atoms with Crippen molar-refractivity contribution in [1.82, 2.24) is 9.29 Å². The van der Waals surface area contributed by atoms with Crippen LogP contribution in [0.3, 0.4) is 0 Å². The number of halogens is 1. The Hall–Kier alpha value is -1.44. The van der Waals surface area contributed by atoms with Gasteiger partial charge in [-0.25, -0.2) is 13.4 Å². The number of sulfonamides is 1. The van der Waals surface area contributed by atoms with E-state index in [1.54, 1.807) is 6.07 Å². The summed E-state index contributed by atoms with van der Waals surface area (Å²) >= 11 is 5.94. The van der Waals surface area contributed by atoms with Crippen molar-refractivity contribution in [2.45, 2.75) is 37.5 Å². The molecule has 2 atom stereocenters. The molecule has 0 amide bonds. The Morgan fingerprint density at radius 3 is 2.67 bits per heavy atom. The second-order valence-corrected chi connectivity index (χ2v) is 9.55. The summed E-state index contributed by atoms with van der Waals surface area (Å²) in [6, 6.07) is 3.00. The highest BCUT2D eigenvalue weighted by Crippen LogP contribution is 2.29. The summed E-state index contributed by atoms with van der Waals surface area (Å²) in [5, 5.41) is -0.0327. The zero-order valence-corrected chi connectivity index (χ0v) is 17.0. The van der Waals surface area contributed by atoms with Gasteiger partial charge in [-0.3, -0.25) is 4.79 Å². The number of aromatic nitrogens is 1. The Kier molecular flexibility index (Phi) is 6.55. The van der Waals surface area contributed by atoms with Crippen LogP contribution in [0.4, 0.5) is 0 Å². The van der Waals surface area contributed by atoms with E-state index in [1.807, 2.05) is 0 Å². The predicted molar refractivity (Wildman–Crippen MR) is 103 cm³/mol. The zero-order chi connectivity index (χ0) is 19.4. The molecular formula is C19H25ClN2O4S. The highest BCUT2D eigenvalue weighted by atomic mass is 35.5. The molecule has 1 aliphatic carbocycles. The second-order valence-electron chi connectivity index (χ2n) is 7.28. The van der Waals surface area contributed by atoms with Crippen molar-refractivity contribution in [3.05, 3.63) is 35.6 Å². The highest BCUT2D eigenvalue weighted by Gasteiger charge is 2.34. The first-order chi connectivity index (χ1) is 12.9. The van der Waals surface area contributed by atoms with Gasteiger partial charge in [0.15, 0.2) is 0 Å². The molecule has 0 N–H and O–H groups in total. The first-order valence-corrected chi connectivity index (χ1v) is 11.1. The van der Waals surface area contributed by atoms with E-state index in [1.165, 1.54) is 16.6 Å². The maximum Gasteiger partial charge on any atom is 0.309 e. The summed E-state index contributed by atoms with van der Waals surface area (Å²) < 4.78 is 32.4. The topological polar surface area (TPSA) is 76.6 Å². The Bertz CT molecular complexity index is 804. The summed E-state index contributed by atoms with van der Waals surface area (Å²) in [6.45, 7) is 3.16. The van der Waals surface area contributed by atoms with Crippen molar-refractivity contribution in [2.75, 3.05) is 19.7 Å². The third kappa shape index (κ3) is 4.70. The quantitative estimate of drug-likeness (QED) is 0.421. The van der Waals surface area contributed by atoms with Crippen LogP contribution in [0.5, 0.6) is 0 Å². The zero-order valence-electron chi connectivity index (χ0n) is 15.4. The van der Waals surface area contributed by atoms with Gasteiger partial charge in [0.05, 0.1) is 12.5 Å². The number of nitrogens with zero attached hydrogens (tertiary/aromatic N) is 2. The third-order valence-corrected chi connectivity index (χ3v) is 7.83. The van der Waals surface area contributed by atoms with Gasteiger partial charge in [0, 0.05) is 19.3 Å². The van der Waals surface area contributed by atoms with Crippen LogP contribution in [0.25, 0.3) is 0 Å². The van der Waals surface area contributed by atoms with Crippen LogP contribution in [0.1, 0.15) is 32.6 Å². The largest absolute Gasteiger partial charge is 0.465 e. The van der Waals surface area contributed by atoms with E-state index in [0.717, 1.165) is 12.8 Å². The predicted octanol–water partition coefficient (Wildman–Crippen LogP) is 3.28. The minimum Gasteiger partial charge on any atom is -0.465 e. The van der Waals surface area contributed by atoms with Gasteiger partial charge in [0.25, 0.3) is 0 Å². The Morgan fingerprint density at radius 1 is 1.30 bits per heavy atom. The van der Waals surface area contributed by atoms with Gasteiger partial charge >= 0.3 is 5.97 Å². The average molecular weight is 413 g/mol. The lowest BCUT2D eigenvalue weighted by Gasteiger charge is -2.31. The molecule has 1 aliphatic heterocycles. The maximum atomic E-state index is 12.7. The van der Waals surface area contributed by atoms with Crippen molar-refractivity contribution >= 4 is 27.6 Å². The average Bonchev–Trinajstić information content (AvgIpc) is 2.67. The van der Waals surface area contributed by atoms with E-state index in [9.17, 15) is 13.2 Å². The standard InChI is InChI=1S/C19H25ClN2O4S/c1-14-5-2-3-6-16(14)13-26-19(23)15-8-11-22(12-9-15)27(24,25)17-7-4-10-21-18(17)20/h2-4,7,10,14-16H,5-6,8-9,11-13H2,1H3. The van der Waals surface area contributed by atoms with Crippen molar-refractivity contribution in [2.24, 2.45) is 17.8 Å². The van der Waals surface area contributed by atoms with Crippen molar-refractivity contribution in [1.29, 1.82) is 0 Å². The molecule has 1 saturated heterocycles. The van der Waals surface area contributed by atoms with Crippen LogP contribution in [-0.4, -0.2) is 43.4 Å². The Labute approximate surface area is 165 Å². The van der Waals surface area contributed by atoms with Crippen molar-refractivity contribution < 1.29 is 17.9 Å². The SMILES string of the molecule is CC1CC=CCC1COC(=O)C1CCN(S(=O)(=O)c2cccnc2Cl)CC1. The highest BCUT2D eigenvalue weighted by molar-refractivity contribution is 7.89. The number of esters is 1. The number of rotatable bonds is 5. The molecule has 148 valence electrons. The molecule has 1 aromatic rings. The van der Waals surface area contributed by atoms with Crippen LogP contribution in [0.15, 0.2) is 35.4 Å². The lowest BCUT2D eigenvalue weighted by atomic mass is 9.85. The fourth-order valence-electron chi connectivity index (χ4n) is 3.58. The van der Waals surface area contributed by atoms with Crippen LogP contribution in [0, 0.1) is 17.8 Å². The van der Waals surface area contributed by atoms with Crippen LogP contribution < -0.4 is 0 Å². The molecule has 6 nitrogen and oxygen atoms in total. The number of carbonyl (C=O) groups excluding carboxylic acids is 1. The maximum absolute atomic E-state index is 12.7. The number of hydrogen-bond acceptors (Lipinski definition) is 5. The number of hydrogen-bond donors (Lipinski definition) is 0. The summed E-state index contributed by atoms with van der Waals surface area (Å²) in [5.41, 5.74) is 0. The van der Waals surface area contributed by atoms with E-state index >= 15 is 0 Å². The molecule has 2 heterocycles. The number of pyridine rings is 1. The molecule has 8 heteroatoms. The fourth-order valence-corrected chi connectivity index (χ4v) is 5.48. The van der Waals surface area contributed by atoms with Gasteiger partial charge in [0.1, 0.15) is 10.0 Å². The number of piperidine rings is 1. The van der Waals surface area contributed by atoms with Gasteiger partial charge in [-0.2, -0.15) is 4.31 Å². The molecule has 2 aliphatic rings. The van der Waals surface area contributed by atoms with E-state index < -0.39 is 10.0 Å². The Morgan fingerprint density at radius 2 is 2.00 bits per heavy atom. The van der Waals surface area contributed by atoms with Gasteiger partial charge in [0.2, 0.25) is 10.0 Å². The summed E-state index contributed by atoms with van der Waals surface area (Å²) in [7, 11) is -3.70. The first kappa shape index (κ1) is 20.3. The van der Waals surface area contributed by atoms with Gasteiger partial charge < -0.3 is 4.74 Å². The molecule has 2 unspecified atom stereocenters. The van der Waals surface area contributed by atoms with Gasteiger partial charge in [-0.05, 0) is 49.7 Å². The normalized spacial score (nSPS) is 24.7. The van der Waals surface area contributed by atoms with Gasteiger partial charge in [-0.1, -0.05) is 30.7 Å². The summed E-state index contributed by atoms with van der Waals surface area (Å²) in [6.07, 6.45) is 8.64. The minimum atomic E-state index is -3.70. The van der Waals surface area contributed by atoms with E-state index in [-0.39, 0.29) is 35.0 Å². The first-order valence-electron chi connectivity index (χ1n) is 9.32. The Balaban J connectivity index is 1.53. The lowest BCUT2D eigenvalue weighted by Crippen LogP contribution is -2.41. The summed E-state index contributed by atoms with van der Waals surface area (Å²) in [5.74, 6) is 0.412. The second kappa shape index (κ2) is 8.71. The number of carbonyl (C=O) groups is 1. The minimum absolute atomic E-state index is 0.00651. The molecule has 0 bridgehead atoms. The molecule has 0 spiro atoms. The molecule has 0 aromatic carbocycles. The third-order valence-electron chi connectivity index (χ3n) is 5.49. The van der Waals surface area contributed by atoms with E-state index in [2.05, 4.69) is 24.1 Å². The summed E-state index contributed by atoms with van der Waals surface area (Å²) in [4.78, 5) is 16.2. The molecule has 1 aromatic heterocycles. The number of allylic oxidation sites excluding steroid dienone is 2. The van der Waals surface area contributed by atoms with Crippen LogP contribution >= 0.6 is 11.6 Å². The van der Waals surface area contributed by atoms with Crippen molar-refractivity contribution in [3.8, 4) is 0 Å². The molecule has 27 heavy (non-hydrogen) atoms. The fraction of sp³-hybridized carbons (Fsp3) is 0.579. The molecule has 0 radical (unpaired) electrons. The van der Waals surface area contributed by atoms with E-state index in [4.69, 9.17) is 16.3 Å². The van der Waals surface area contributed by atoms with Crippen LogP contribution in [0.2, 0.25) is 5.15 Å². The molecular weight excluding hydrogens is 388 g/mol. The van der Waals surface area contributed by atoms with Crippen molar-refractivity contribution in [3.63, 3.8) is 0 Å². The van der Waals surface area contributed by atoms with Crippen LogP contribution in [-0.2, 0) is 19.6 Å². The van der Waals surface area contributed by atoms with E-state index in [0.29, 0.717) is 31.3 Å². The smallest absolute Gasteiger partial charge is 0.309 e. The molecule has 1 fully saturated rings. The van der Waals surface area contributed by atoms with Gasteiger partial charge in [-0.15, -0.1) is 0 Å². The number of ether oxygens (including phenoxy) is 1. The lowest BCUT2D eigenvalue weighted by molar-refractivity contribution is -0.151. The molecule has 3 rings (SSSR count). The molecule has 0 saturated carbocycles.